The third-order valence-electron chi connectivity index (χ3n) is 6.82. The van der Waals surface area contributed by atoms with E-state index in [0.717, 1.165) is 62.5 Å². The topological polar surface area (TPSA) is 116 Å². The van der Waals surface area contributed by atoms with E-state index in [1.807, 2.05) is 35.4 Å². The molecule has 0 bridgehead atoms. The lowest BCUT2D eigenvalue weighted by Gasteiger charge is -2.32. The first-order chi connectivity index (χ1) is 16.3. The zero-order chi connectivity index (χ0) is 24.2. The van der Waals surface area contributed by atoms with E-state index in [2.05, 4.69) is 41.4 Å². The third-order valence-corrected chi connectivity index (χ3v) is 6.82. The lowest BCUT2D eigenvalue weighted by molar-refractivity contribution is -0.121. The van der Waals surface area contributed by atoms with Crippen LogP contribution in [0, 0.1) is 5.92 Å². The van der Waals surface area contributed by atoms with Gasteiger partial charge in [-0.1, -0.05) is 20.3 Å². The molecule has 0 unspecified atom stereocenters. The Bertz CT molecular complexity index is 1020. The van der Waals surface area contributed by atoms with E-state index in [1.54, 1.807) is 0 Å². The highest BCUT2D eigenvalue weighted by molar-refractivity contribution is 5.94. The van der Waals surface area contributed by atoms with Gasteiger partial charge in [0, 0.05) is 55.2 Å². The lowest BCUT2D eigenvalue weighted by Crippen LogP contribution is -2.47. The summed E-state index contributed by atoms with van der Waals surface area (Å²) < 4.78 is 0. The van der Waals surface area contributed by atoms with Crippen molar-refractivity contribution in [2.45, 2.75) is 45.1 Å². The van der Waals surface area contributed by atoms with Crippen LogP contribution in [0.25, 0.3) is 0 Å². The van der Waals surface area contributed by atoms with Gasteiger partial charge in [0.2, 0.25) is 11.9 Å². The van der Waals surface area contributed by atoms with Gasteiger partial charge in [-0.05, 0) is 50.1 Å². The van der Waals surface area contributed by atoms with Crippen molar-refractivity contribution >= 4 is 29.3 Å². The van der Waals surface area contributed by atoms with Gasteiger partial charge < -0.3 is 26.2 Å². The maximum atomic E-state index is 12.8. The molecule has 9 heteroatoms. The van der Waals surface area contributed by atoms with Gasteiger partial charge in [0.05, 0.1) is 5.92 Å². The van der Waals surface area contributed by atoms with Crippen molar-refractivity contribution in [2.24, 2.45) is 11.7 Å². The van der Waals surface area contributed by atoms with E-state index in [-0.39, 0.29) is 29.7 Å². The predicted molar refractivity (Wildman–Crippen MR) is 133 cm³/mol. The highest BCUT2D eigenvalue weighted by Gasteiger charge is 2.32. The second kappa shape index (κ2) is 10.4. The number of nitrogens with zero attached hydrogens (tertiary/aromatic N) is 4. The van der Waals surface area contributed by atoms with Crippen LogP contribution in [0.1, 0.15) is 54.9 Å². The van der Waals surface area contributed by atoms with Crippen molar-refractivity contribution in [3.63, 3.8) is 0 Å². The van der Waals surface area contributed by atoms with Crippen molar-refractivity contribution in [3.05, 3.63) is 41.6 Å². The van der Waals surface area contributed by atoms with E-state index in [4.69, 9.17) is 10.7 Å². The summed E-state index contributed by atoms with van der Waals surface area (Å²) in [6.45, 7) is 7.47. The molecule has 2 heterocycles. The Morgan fingerprint density at radius 2 is 1.79 bits per heavy atom. The number of nitrogens with one attached hydrogen (secondary N) is 2. The Morgan fingerprint density at radius 3 is 2.44 bits per heavy atom. The Morgan fingerprint density at radius 1 is 1.09 bits per heavy atom. The molecular weight excluding hydrogens is 430 g/mol. The average molecular weight is 466 g/mol. The molecule has 4 N–H and O–H groups in total. The van der Waals surface area contributed by atoms with E-state index in [9.17, 15) is 9.59 Å². The fourth-order valence-electron chi connectivity index (χ4n) is 4.66. The number of carbonyl (C=O) groups excluding carboxylic acids is 2. The summed E-state index contributed by atoms with van der Waals surface area (Å²) in [6.07, 6.45) is 4.49. The second-order valence-corrected chi connectivity index (χ2v) is 9.64. The SMILES string of the molecule is CC(C)c1cnc(Nc2ccc(C(=O)N3CCN(C)CC3)cc2)nc1N[C@@H]1CCC[C@@H]1C(N)=O. The molecule has 2 aliphatic rings. The average Bonchev–Trinajstić information content (AvgIpc) is 3.28. The summed E-state index contributed by atoms with van der Waals surface area (Å²) in [5.74, 6) is 1.02. The summed E-state index contributed by atoms with van der Waals surface area (Å²) >= 11 is 0. The minimum absolute atomic E-state index is 0.0161. The minimum Gasteiger partial charge on any atom is -0.369 e. The van der Waals surface area contributed by atoms with E-state index in [1.165, 1.54) is 0 Å². The number of anilines is 3. The molecule has 1 saturated carbocycles. The Labute approximate surface area is 201 Å². The van der Waals surface area contributed by atoms with Crippen molar-refractivity contribution in [1.82, 2.24) is 19.8 Å². The number of nitrogens with two attached hydrogens (primary N) is 1. The smallest absolute Gasteiger partial charge is 0.253 e. The number of rotatable bonds is 7. The Kier molecular flexibility index (Phi) is 7.31. The van der Waals surface area contributed by atoms with Gasteiger partial charge in [0.15, 0.2) is 0 Å². The molecule has 1 aromatic carbocycles. The van der Waals surface area contributed by atoms with Gasteiger partial charge >= 0.3 is 0 Å². The molecule has 4 rings (SSSR count). The van der Waals surface area contributed by atoms with Gasteiger partial charge in [-0.2, -0.15) is 4.98 Å². The van der Waals surface area contributed by atoms with Crippen LogP contribution < -0.4 is 16.4 Å². The van der Waals surface area contributed by atoms with Crippen molar-refractivity contribution in [2.75, 3.05) is 43.9 Å². The van der Waals surface area contributed by atoms with Gasteiger partial charge in [-0.3, -0.25) is 9.59 Å². The van der Waals surface area contributed by atoms with Crippen LogP contribution in [-0.2, 0) is 4.79 Å². The summed E-state index contributed by atoms with van der Waals surface area (Å²) in [6, 6.07) is 7.39. The van der Waals surface area contributed by atoms with Crippen molar-refractivity contribution in [3.8, 4) is 0 Å². The van der Waals surface area contributed by atoms with E-state index in [0.29, 0.717) is 11.5 Å². The maximum absolute atomic E-state index is 12.8. The lowest BCUT2D eigenvalue weighted by atomic mass is 10.0. The molecule has 1 aromatic heterocycles. The van der Waals surface area contributed by atoms with Gasteiger partial charge in [0.25, 0.3) is 5.91 Å². The quantitative estimate of drug-likeness (QED) is 0.576. The molecule has 2 aromatic rings. The molecule has 2 amide bonds. The number of hydrogen-bond donors (Lipinski definition) is 3. The van der Waals surface area contributed by atoms with E-state index >= 15 is 0 Å². The highest BCUT2D eigenvalue weighted by atomic mass is 16.2. The van der Waals surface area contributed by atoms with Crippen LogP contribution in [-0.4, -0.2) is 70.9 Å². The first-order valence-corrected chi connectivity index (χ1v) is 12.1. The largest absolute Gasteiger partial charge is 0.369 e. The first kappa shape index (κ1) is 23.9. The Balaban J connectivity index is 1.46. The Hall–Kier alpha value is -3.20. The monoisotopic (exact) mass is 465 g/mol. The van der Waals surface area contributed by atoms with E-state index < -0.39 is 0 Å². The molecule has 9 nitrogen and oxygen atoms in total. The van der Waals surface area contributed by atoms with Crippen LogP contribution in [0.2, 0.25) is 0 Å². The molecule has 0 spiro atoms. The number of primary amides is 1. The zero-order valence-corrected chi connectivity index (χ0v) is 20.3. The molecular formula is C25H35N7O2. The van der Waals surface area contributed by atoms with Gasteiger partial charge in [-0.25, -0.2) is 4.98 Å². The van der Waals surface area contributed by atoms with Gasteiger partial charge in [0.1, 0.15) is 5.82 Å². The molecule has 0 radical (unpaired) electrons. The summed E-state index contributed by atoms with van der Waals surface area (Å²) in [5.41, 5.74) is 8.07. The van der Waals surface area contributed by atoms with Crippen LogP contribution in [0.15, 0.2) is 30.5 Å². The molecule has 2 fully saturated rings. The fraction of sp³-hybridized carbons (Fsp3) is 0.520. The highest BCUT2D eigenvalue weighted by Crippen LogP contribution is 2.31. The van der Waals surface area contributed by atoms with Crippen LogP contribution in [0.5, 0.6) is 0 Å². The number of aromatic nitrogens is 2. The zero-order valence-electron chi connectivity index (χ0n) is 20.3. The van der Waals surface area contributed by atoms with Crippen LogP contribution in [0.4, 0.5) is 17.5 Å². The summed E-state index contributed by atoms with van der Waals surface area (Å²) in [5, 5.41) is 6.70. The number of amides is 2. The number of piperazine rings is 1. The number of hydrogen-bond acceptors (Lipinski definition) is 7. The van der Waals surface area contributed by atoms with Crippen LogP contribution >= 0.6 is 0 Å². The summed E-state index contributed by atoms with van der Waals surface area (Å²) in [4.78, 5) is 37.9. The minimum atomic E-state index is -0.264. The van der Waals surface area contributed by atoms with Crippen molar-refractivity contribution in [1.29, 1.82) is 0 Å². The molecule has 182 valence electrons. The maximum Gasteiger partial charge on any atom is 0.253 e. The molecule has 34 heavy (non-hydrogen) atoms. The van der Waals surface area contributed by atoms with Gasteiger partial charge in [-0.15, -0.1) is 0 Å². The van der Waals surface area contributed by atoms with Crippen molar-refractivity contribution < 1.29 is 9.59 Å². The summed E-state index contributed by atoms with van der Waals surface area (Å²) in [7, 11) is 2.07. The van der Waals surface area contributed by atoms with Crippen LogP contribution in [0.3, 0.4) is 0 Å². The predicted octanol–water partition coefficient (Wildman–Crippen LogP) is 2.80. The molecule has 1 aliphatic heterocycles. The third kappa shape index (κ3) is 5.47. The second-order valence-electron chi connectivity index (χ2n) is 9.64. The number of likely N-dealkylation sites (N-methyl/N-ethyl adjacent to an activating group) is 1. The fourth-order valence-corrected chi connectivity index (χ4v) is 4.66. The molecule has 1 aliphatic carbocycles. The standard InChI is InChI=1S/C25H35N7O2/c1-16(2)20-15-27-25(30-23(20)29-21-6-4-5-19(21)22(26)33)28-18-9-7-17(8-10-18)24(34)32-13-11-31(3)12-14-32/h7-10,15-16,19,21H,4-6,11-14H2,1-3H3,(H2,26,33)(H2,27,28,29,30)/t19-,21+/m0/s1. The first-order valence-electron chi connectivity index (χ1n) is 12.1. The molecule has 2 atom stereocenters. The normalized spacial score (nSPS) is 21.0. The molecule has 1 saturated heterocycles. The number of benzene rings is 1. The number of carbonyl (C=O) groups is 2.